The molecule has 0 aliphatic carbocycles. The van der Waals surface area contributed by atoms with E-state index < -0.39 is 0 Å². The third kappa shape index (κ3) is 5.12. The highest BCUT2D eigenvalue weighted by molar-refractivity contribution is 6.14. The number of para-hydroxylation sites is 2. The van der Waals surface area contributed by atoms with Gasteiger partial charge in [0.1, 0.15) is 11.2 Å². The Morgan fingerprint density at radius 1 is 0.415 bits per heavy atom. The predicted molar refractivity (Wildman–Crippen MR) is 216 cm³/mol. The molecule has 0 radical (unpaired) electrons. The van der Waals surface area contributed by atoms with Gasteiger partial charge in [0.25, 0.3) is 0 Å². The van der Waals surface area contributed by atoms with E-state index >= 15 is 0 Å². The van der Waals surface area contributed by atoms with Crippen LogP contribution in [-0.4, -0.2) is 15.0 Å². The van der Waals surface area contributed by atoms with Crippen LogP contribution in [0.25, 0.3) is 67.2 Å². The van der Waals surface area contributed by atoms with Crippen molar-refractivity contribution in [2.75, 3.05) is 4.90 Å². The van der Waals surface area contributed by atoms with E-state index in [1.807, 2.05) is 60.7 Å². The Labute approximate surface area is 307 Å². The first-order chi connectivity index (χ1) is 26.0. The number of benzene rings is 7. The van der Waals surface area contributed by atoms with Crippen molar-refractivity contribution in [3.05, 3.63) is 181 Å². The summed E-state index contributed by atoms with van der Waals surface area (Å²) in [6.45, 7) is 4.63. The molecule has 1 aliphatic heterocycles. The maximum absolute atomic E-state index is 6.61. The summed E-state index contributed by atoms with van der Waals surface area (Å²) in [5.41, 5.74) is 12.7. The predicted octanol–water partition coefficient (Wildman–Crippen LogP) is 12.5. The van der Waals surface area contributed by atoms with E-state index in [2.05, 4.69) is 128 Å². The summed E-state index contributed by atoms with van der Waals surface area (Å²) in [6, 6.07) is 59.0. The molecule has 5 heteroatoms. The van der Waals surface area contributed by atoms with Crippen LogP contribution in [0.1, 0.15) is 25.0 Å². The average molecular weight is 683 g/mol. The minimum atomic E-state index is -0.127. The Kier molecular flexibility index (Phi) is 7.08. The van der Waals surface area contributed by atoms with Crippen LogP contribution < -0.4 is 4.90 Å². The van der Waals surface area contributed by atoms with E-state index in [4.69, 9.17) is 19.4 Å². The lowest BCUT2D eigenvalue weighted by Crippen LogP contribution is -2.30. The van der Waals surface area contributed by atoms with Crippen LogP contribution in [0.4, 0.5) is 17.1 Å². The second-order valence-electron chi connectivity index (χ2n) is 14.1. The lowest BCUT2D eigenvalue weighted by Gasteiger charge is -2.42. The van der Waals surface area contributed by atoms with Gasteiger partial charge >= 0.3 is 0 Å². The molecule has 252 valence electrons. The van der Waals surface area contributed by atoms with E-state index in [0.717, 1.165) is 55.4 Å². The maximum atomic E-state index is 6.61. The molecule has 0 atom stereocenters. The third-order valence-electron chi connectivity index (χ3n) is 10.5. The lowest BCUT2D eigenvalue weighted by molar-refractivity contribution is 0.632. The van der Waals surface area contributed by atoms with E-state index in [0.29, 0.717) is 17.5 Å². The molecule has 0 saturated heterocycles. The summed E-state index contributed by atoms with van der Waals surface area (Å²) >= 11 is 0. The lowest BCUT2D eigenvalue weighted by atomic mass is 9.73. The van der Waals surface area contributed by atoms with Crippen LogP contribution in [0.3, 0.4) is 0 Å². The molecular weight excluding hydrogens is 649 g/mol. The average Bonchev–Trinajstić information content (AvgIpc) is 3.60. The van der Waals surface area contributed by atoms with Crippen molar-refractivity contribution in [1.29, 1.82) is 0 Å². The van der Waals surface area contributed by atoms with Gasteiger partial charge < -0.3 is 9.32 Å². The van der Waals surface area contributed by atoms with Crippen molar-refractivity contribution >= 4 is 39.0 Å². The van der Waals surface area contributed by atoms with Crippen molar-refractivity contribution < 1.29 is 4.42 Å². The molecule has 2 aromatic heterocycles. The van der Waals surface area contributed by atoms with Crippen molar-refractivity contribution in [2.24, 2.45) is 0 Å². The molecule has 0 N–H and O–H groups in total. The molecule has 7 aromatic carbocycles. The second kappa shape index (κ2) is 12.1. The fraction of sp³-hybridized carbons (Fsp3) is 0.0625. The van der Waals surface area contributed by atoms with Gasteiger partial charge in [0.2, 0.25) is 0 Å². The van der Waals surface area contributed by atoms with Gasteiger partial charge in [-0.1, -0.05) is 147 Å². The first-order valence-electron chi connectivity index (χ1n) is 18.0. The topological polar surface area (TPSA) is 55.1 Å². The first kappa shape index (κ1) is 30.9. The van der Waals surface area contributed by atoms with Crippen LogP contribution >= 0.6 is 0 Å². The number of furan rings is 1. The normalized spacial score (nSPS) is 13.2. The number of fused-ring (bicyclic) bond motifs is 5. The molecular formula is C48H34N4O. The summed E-state index contributed by atoms with van der Waals surface area (Å²) < 4.78 is 6.61. The molecule has 9 aromatic rings. The van der Waals surface area contributed by atoms with Crippen LogP contribution in [0.5, 0.6) is 0 Å². The monoisotopic (exact) mass is 682 g/mol. The van der Waals surface area contributed by atoms with Crippen molar-refractivity contribution in [1.82, 2.24) is 15.0 Å². The zero-order chi connectivity index (χ0) is 35.5. The minimum absolute atomic E-state index is 0.127. The van der Waals surface area contributed by atoms with Crippen molar-refractivity contribution in [2.45, 2.75) is 19.3 Å². The van der Waals surface area contributed by atoms with Gasteiger partial charge in [0, 0.05) is 27.5 Å². The molecule has 0 fully saturated rings. The summed E-state index contributed by atoms with van der Waals surface area (Å²) in [6.07, 6.45) is 0. The fourth-order valence-corrected chi connectivity index (χ4v) is 7.85. The number of hydrogen-bond acceptors (Lipinski definition) is 5. The Bertz CT molecular complexity index is 2700. The molecule has 1 aliphatic rings. The highest BCUT2D eigenvalue weighted by Gasteiger charge is 2.37. The fourth-order valence-electron chi connectivity index (χ4n) is 7.85. The van der Waals surface area contributed by atoms with Gasteiger partial charge in [-0.05, 0) is 58.7 Å². The number of rotatable bonds is 5. The molecule has 0 spiro atoms. The minimum Gasteiger partial charge on any atom is -0.456 e. The number of anilines is 3. The van der Waals surface area contributed by atoms with Gasteiger partial charge in [0.05, 0.1) is 22.4 Å². The number of nitrogens with zero attached hydrogens (tertiary/aromatic N) is 4. The summed E-state index contributed by atoms with van der Waals surface area (Å²) in [5, 5.41) is 2.19. The molecule has 3 heterocycles. The number of aromatic nitrogens is 3. The molecule has 10 rings (SSSR count). The largest absolute Gasteiger partial charge is 0.456 e. The quantitative estimate of drug-likeness (QED) is 0.181. The van der Waals surface area contributed by atoms with E-state index in [1.54, 1.807) is 0 Å². The second-order valence-corrected chi connectivity index (χ2v) is 14.1. The number of hydrogen-bond donors (Lipinski definition) is 0. The molecule has 53 heavy (non-hydrogen) atoms. The van der Waals surface area contributed by atoms with Crippen LogP contribution in [-0.2, 0) is 5.41 Å². The Hall–Kier alpha value is -6.85. The van der Waals surface area contributed by atoms with Gasteiger partial charge in [-0.3, -0.25) is 0 Å². The highest BCUT2D eigenvalue weighted by Crippen LogP contribution is 2.53. The smallest absolute Gasteiger partial charge is 0.164 e. The van der Waals surface area contributed by atoms with Gasteiger partial charge in [-0.2, -0.15) is 0 Å². The third-order valence-corrected chi connectivity index (χ3v) is 10.5. The van der Waals surface area contributed by atoms with E-state index in [1.165, 1.54) is 22.5 Å². The van der Waals surface area contributed by atoms with Crippen LogP contribution in [0, 0.1) is 0 Å². The zero-order valence-electron chi connectivity index (χ0n) is 29.4. The Morgan fingerprint density at radius 2 is 0.887 bits per heavy atom. The standard InChI is InChI=1S/C48H34N4O/c1-48(2)37-18-9-11-20-39(37)52(40-21-12-10-19-38(40)48)41-22-13-23-42-44(41)36-29-28-35(30-43(36)53-42)31-24-26-34(27-25-31)47-50-45(32-14-5-3-6-15-32)49-46(51-47)33-16-7-4-8-17-33/h3-30H,1-2H3. The summed E-state index contributed by atoms with van der Waals surface area (Å²) in [7, 11) is 0. The molecule has 0 saturated carbocycles. The molecule has 0 bridgehead atoms. The van der Waals surface area contributed by atoms with Gasteiger partial charge in [0.15, 0.2) is 17.5 Å². The molecule has 5 nitrogen and oxygen atoms in total. The van der Waals surface area contributed by atoms with Gasteiger partial charge in [-0.15, -0.1) is 0 Å². The van der Waals surface area contributed by atoms with Gasteiger partial charge in [-0.25, -0.2) is 15.0 Å². The SMILES string of the molecule is CC1(C)c2ccccc2N(c2cccc3oc4cc(-c5ccc(-c6nc(-c7ccccc7)nc(-c7ccccc7)n6)cc5)ccc4c23)c2ccccc21. The van der Waals surface area contributed by atoms with Crippen LogP contribution in [0.2, 0.25) is 0 Å². The first-order valence-corrected chi connectivity index (χ1v) is 18.0. The zero-order valence-corrected chi connectivity index (χ0v) is 29.4. The van der Waals surface area contributed by atoms with Crippen molar-refractivity contribution in [3.63, 3.8) is 0 Å². The Morgan fingerprint density at radius 3 is 1.47 bits per heavy atom. The van der Waals surface area contributed by atoms with E-state index in [9.17, 15) is 0 Å². The Balaban J connectivity index is 1.04. The molecule has 0 amide bonds. The summed E-state index contributed by atoms with van der Waals surface area (Å²) in [4.78, 5) is 17.1. The molecule has 0 unspecified atom stereocenters. The maximum Gasteiger partial charge on any atom is 0.164 e. The summed E-state index contributed by atoms with van der Waals surface area (Å²) in [5.74, 6) is 1.93. The highest BCUT2D eigenvalue weighted by atomic mass is 16.3. The van der Waals surface area contributed by atoms with Crippen LogP contribution in [0.15, 0.2) is 174 Å². The van der Waals surface area contributed by atoms with E-state index in [-0.39, 0.29) is 5.41 Å². The van der Waals surface area contributed by atoms with Crippen molar-refractivity contribution in [3.8, 4) is 45.3 Å².